The summed E-state index contributed by atoms with van der Waals surface area (Å²) in [6, 6.07) is 11.2. The van der Waals surface area contributed by atoms with E-state index in [1.807, 2.05) is 24.3 Å². The number of hydrogen-bond donors (Lipinski definition) is 2. The topological polar surface area (TPSA) is 62.2 Å². The Morgan fingerprint density at radius 1 is 1.19 bits per heavy atom. The van der Waals surface area contributed by atoms with Gasteiger partial charge in [-0.25, -0.2) is 0 Å². The van der Waals surface area contributed by atoms with Gasteiger partial charge < -0.3 is 10.4 Å². The van der Waals surface area contributed by atoms with Crippen molar-refractivity contribution in [2.24, 2.45) is 0 Å². The van der Waals surface area contributed by atoms with Crippen molar-refractivity contribution in [2.75, 3.05) is 5.32 Å². The smallest absolute Gasteiger partial charge is 0.257 e. The Bertz CT molecular complexity index is 577. The van der Waals surface area contributed by atoms with Crippen LogP contribution in [0.4, 0.5) is 5.69 Å². The number of amides is 1. The molecule has 4 heteroatoms. The maximum atomic E-state index is 12.1. The van der Waals surface area contributed by atoms with Crippen LogP contribution in [0.25, 0.3) is 0 Å². The molecule has 1 aromatic heterocycles. The third-order valence-electron chi connectivity index (χ3n) is 3.28. The van der Waals surface area contributed by atoms with E-state index in [9.17, 15) is 4.79 Å². The van der Waals surface area contributed by atoms with Gasteiger partial charge in [-0.2, -0.15) is 0 Å². The van der Waals surface area contributed by atoms with Crippen molar-refractivity contribution in [1.82, 2.24) is 4.98 Å². The van der Waals surface area contributed by atoms with E-state index in [0.717, 1.165) is 12.1 Å². The third-order valence-corrected chi connectivity index (χ3v) is 3.28. The first kappa shape index (κ1) is 15.2. The summed E-state index contributed by atoms with van der Waals surface area (Å²) in [5.74, 6) is -0.201. The lowest BCUT2D eigenvalue weighted by atomic mass is 10.1. The number of aromatic nitrogens is 1. The largest absolute Gasteiger partial charge is 0.390 e. The van der Waals surface area contributed by atoms with E-state index >= 15 is 0 Å². The Morgan fingerprint density at radius 3 is 2.52 bits per heavy atom. The van der Waals surface area contributed by atoms with Crippen molar-refractivity contribution < 1.29 is 9.90 Å². The molecule has 0 atom stereocenters. The fraction of sp³-hybridized carbons (Fsp3) is 0.294. The standard InChI is InChI=1S/C17H20N2O2/c1-2-3-4-13-5-8-15(9-6-13)19-17(21)14-7-10-16(12-20)18-11-14/h5-11,20H,2-4,12H2,1H3,(H,19,21). The molecule has 21 heavy (non-hydrogen) atoms. The summed E-state index contributed by atoms with van der Waals surface area (Å²) in [5, 5.41) is 11.8. The van der Waals surface area contributed by atoms with E-state index in [1.54, 1.807) is 12.1 Å². The summed E-state index contributed by atoms with van der Waals surface area (Å²) in [7, 11) is 0. The van der Waals surface area contributed by atoms with Crippen molar-refractivity contribution in [3.05, 3.63) is 59.4 Å². The van der Waals surface area contributed by atoms with Gasteiger partial charge in [0.25, 0.3) is 5.91 Å². The lowest BCUT2D eigenvalue weighted by Crippen LogP contribution is -2.12. The minimum Gasteiger partial charge on any atom is -0.390 e. The summed E-state index contributed by atoms with van der Waals surface area (Å²) in [4.78, 5) is 16.1. The zero-order chi connectivity index (χ0) is 15.1. The number of benzene rings is 1. The number of carbonyl (C=O) groups is 1. The Morgan fingerprint density at radius 2 is 1.95 bits per heavy atom. The van der Waals surface area contributed by atoms with Gasteiger partial charge in [0.15, 0.2) is 0 Å². The molecule has 0 saturated carbocycles. The number of pyridine rings is 1. The van der Waals surface area contributed by atoms with E-state index < -0.39 is 0 Å². The van der Waals surface area contributed by atoms with Crippen molar-refractivity contribution in [3.8, 4) is 0 Å². The second-order valence-corrected chi connectivity index (χ2v) is 4.95. The van der Waals surface area contributed by atoms with Crippen LogP contribution in [0.1, 0.15) is 41.4 Å². The molecular weight excluding hydrogens is 264 g/mol. The molecule has 2 rings (SSSR count). The molecular formula is C17H20N2O2. The van der Waals surface area contributed by atoms with Gasteiger partial charge in [0.1, 0.15) is 0 Å². The van der Waals surface area contributed by atoms with Gasteiger partial charge >= 0.3 is 0 Å². The molecule has 4 nitrogen and oxygen atoms in total. The second-order valence-electron chi connectivity index (χ2n) is 4.95. The highest BCUT2D eigenvalue weighted by Gasteiger charge is 2.06. The summed E-state index contributed by atoms with van der Waals surface area (Å²) in [6.07, 6.45) is 4.89. The van der Waals surface area contributed by atoms with Crippen LogP contribution in [0.3, 0.4) is 0 Å². The van der Waals surface area contributed by atoms with Crippen LogP contribution >= 0.6 is 0 Å². The zero-order valence-corrected chi connectivity index (χ0v) is 12.2. The van der Waals surface area contributed by atoms with E-state index in [4.69, 9.17) is 5.11 Å². The predicted molar refractivity (Wildman–Crippen MR) is 83.2 cm³/mol. The molecule has 0 aliphatic heterocycles. The van der Waals surface area contributed by atoms with Gasteiger partial charge in [0.2, 0.25) is 0 Å². The minimum atomic E-state index is -0.201. The number of aryl methyl sites for hydroxylation is 1. The number of carbonyl (C=O) groups excluding carboxylic acids is 1. The molecule has 2 N–H and O–H groups in total. The van der Waals surface area contributed by atoms with Crippen LogP contribution in [-0.2, 0) is 13.0 Å². The number of hydrogen-bond acceptors (Lipinski definition) is 3. The van der Waals surface area contributed by atoms with Crippen LogP contribution in [0, 0.1) is 0 Å². The SMILES string of the molecule is CCCCc1ccc(NC(=O)c2ccc(CO)nc2)cc1. The molecule has 0 radical (unpaired) electrons. The second kappa shape index (κ2) is 7.55. The highest BCUT2D eigenvalue weighted by Crippen LogP contribution is 2.13. The average molecular weight is 284 g/mol. The fourth-order valence-corrected chi connectivity index (χ4v) is 1.99. The molecule has 1 aromatic carbocycles. The molecule has 2 aromatic rings. The van der Waals surface area contributed by atoms with Gasteiger partial charge in [-0.1, -0.05) is 25.5 Å². The monoisotopic (exact) mass is 284 g/mol. The predicted octanol–water partition coefficient (Wildman–Crippen LogP) is 3.17. The van der Waals surface area contributed by atoms with Crippen LogP contribution in [0.2, 0.25) is 0 Å². The van der Waals surface area contributed by atoms with E-state index in [2.05, 4.69) is 17.2 Å². The molecule has 0 bridgehead atoms. The van der Waals surface area contributed by atoms with Gasteiger partial charge in [-0.3, -0.25) is 9.78 Å². The van der Waals surface area contributed by atoms with Gasteiger partial charge in [-0.05, 0) is 42.7 Å². The van der Waals surface area contributed by atoms with Crippen LogP contribution < -0.4 is 5.32 Å². The minimum absolute atomic E-state index is 0.124. The number of aliphatic hydroxyl groups excluding tert-OH is 1. The number of unbranched alkanes of at least 4 members (excludes halogenated alkanes) is 1. The van der Waals surface area contributed by atoms with Crippen LogP contribution in [0.5, 0.6) is 0 Å². The summed E-state index contributed by atoms with van der Waals surface area (Å²) < 4.78 is 0. The third kappa shape index (κ3) is 4.39. The molecule has 0 fully saturated rings. The molecule has 0 aliphatic rings. The molecule has 110 valence electrons. The molecule has 0 aliphatic carbocycles. The lowest BCUT2D eigenvalue weighted by molar-refractivity contribution is 0.102. The zero-order valence-electron chi connectivity index (χ0n) is 12.2. The summed E-state index contributed by atoms with van der Waals surface area (Å²) >= 11 is 0. The number of anilines is 1. The molecule has 0 saturated heterocycles. The van der Waals surface area contributed by atoms with Crippen molar-refractivity contribution >= 4 is 11.6 Å². The van der Waals surface area contributed by atoms with Gasteiger partial charge in [-0.15, -0.1) is 0 Å². The maximum absolute atomic E-state index is 12.1. The van der Waals surface area contributed by atoms with E-state index in [0.29, 0.717) is 11.3 Å². The first-order valence-corrected chi connectivity index (χ1v) is 7.19. The number of nitrogens with zero attached hydrogens (tertiary/aromatic N) is 1. The van der Waals surface area contributed by atoms with Crippen molar-refractivity contribution in [2.45, 2.75) is 32.8 Å². The Hall–Kier alpha value is -2.20. The fourth-order valence-electron chi connectivity index (χ4n) is 1.99. The van der Waals surface area contributed by atoms with E-state index in [1.165, 1.54) is 24.6 Å². The molecule has 0 unspecified atom stereocenters. The Kier molecular flexibility index (Phi) is 5.46. The van der Waals surface area contributed by atoms with Gasteiger partial charge in [0.05, 0.1) is 17.9 Å². The first-order chi connectivity index (χ1) is 10.2. The number of aliphatic hydroxyl groups is 1. The highest BCUT2D eigenvalue weighted by molar-refractivity contribution is 6.04. The van der Waals surface area contributed by atoms with Crippen molar-refractivity contribution in [1.29, 1.82) is 0 Å². The van der Waals surface area contributed by atoms with Crippen LogP contribution in [-0.4, -0.2) is 16.0 Å². The lowest BCUT2D eigenvalue weighted by Gasteiger charge is -2.07. The molecule has 0 spiro atoms. The quantitative estimate of drug-likeness (QED) is 0.856. The molecule has 1 heterocycles. The highest BCUT2D eigenvalue weighted by atomic mass is 16.3. The number of rotatable bonds is 6. The average Bonchev–Trinajstić information content (AvgIpc) is 2.54. The Labute approximate surface area is 124 Å². The normalized spacial score (nSPS) is 10.4. The summed E-state index contributed by atoms with van der Waals surface area (Å²) in [6.45, 7) is 2.05. The number of nitrogens with one attached hydrogen (secondary N) is 1. The van der Waals surface area contributed by atoms with Gasteiger partial charge in [0, 0.05) is 11.9 Å². The van der Waals surface area contributed by atoms with Crippen molar-refractivity contribution in [3.63, 3.8) is 0 Å². The van der Waals surface area contributed by atoms with Crippen LogP contribution in [0.15, 0.2) is 42.6 Å². The maximum Gasteiger partial charge on any atom is 0.257 e. The van der Waals surface area contributed by atoms with E-state index in [-0.39, 0.29) is 12.5 Å². The molecule has 1 amide bonds. The summed E-state index contributed by atoms with van der Waals surface area (Å²) in [5.41, 5.74) is 3.07. The Balaban J connectivity index is 1.98. The first-order valence-electron chi connectivity index (χ1n) is 7.19.